The highest BCUT2D eigenvalue weighted by molar-refractivity contribution is 5.74. The number of carbonyl (C=O) groups excluding carboxylic acids is 1. The third kappa shape index (κ3) is 3.96. The summed E-state index contributed by atoms with van der Waals surface area (Å²) >= 11 is 0. The van der Waals surface area contributed by atoms with E-state index < -0.39 is 0 Å². The Bertz CT molecular complexity index is 691. The van der Waals surface area contributed by atoms with Crippen LogP contribution in [0.5, 0.6) is 0 Å². The van der Waals surface area contributed by atoms with Crippen LogP contribution in [-0.2, 0) is 20.0 Å². The van der Waals surface area contributed by atoms with Crippen molar-refractivity contribution in [1.29, 1.82) is 0 Å². The molecule has 24 heavy (non-hydrogen) atoms. The summed E-state index contributed by atoms with van der Waals surface area (Å²) in [6.45, 7) is 6.08. The Hall–Kier alpha value is -2.31. The van der Waals surface area contributed by atoms with Crippen LogP contribution in [0, 0.1) is 5.92 Å². The van der Waals surface area contributed by atoms with Gasteiger partial charge in [-0.3, -0.25) is 4.68 Å². The minimum Gasteiger partial charge on any atom is -0.359 e. The topological polar surface area (TPSA) is 76.2 Å². The van der Waals surface area contributed by atoms with Gasteiger partial charge in [0, 0.05) is 32.4 Å². The molecule has 0 aliphatic carbocycles. The molecule has 1 saturated heterocycles. The van der Waals surface area contributed by atoms with Crippen LogP contribution < -0.4 is 5.32 Å². The summed E-state index contributed by atoms with van der Waals surface area (Å²) < 4.78 is 7.07. The van der Waals surface area contributed by atoms with Crippen LogP contribution in [-0.4, -0.2) is 39.0 Å². The number of rotatable bonds is 5. The lowest BCUT2D eigenvalue weighted by atomic mass is 10.0. The quantitative estimate of drug-likeness (QED) is 0.912. The third-order valence-corrected chi connectivity index (χ3v) is 4.44. The Labute approximate surface area is 142 Å². The second-order valence-electron chi connectivity index (χ2n) is 6.86. The molecule has 1 fully saturated rings. The molecule has 7 nitrogen and oxygen atoms in total. The minimum absolute atomic E-state index is 0.0359. The van der Waals surface area contributed by atoms with E-state index in [-0.39, 0.29) is 6.03 Å². The first-order valence-corrected chi connectivity index (χ1v) is 8.47. The maximum absolute atomic E-state index is 12.3. The molecule has 0 aromatic carbocycles. The van der Waals surface area contributed by atoms with Crippen molar-refractivity contribution in [1.82, 2.24) is 25.2 Å². The molecule has 3 rings (SSSR count). The molecule has 1 N–H and O–H groups in total. The van der Waals surface area contributed by atoms with Crippen LogP contribution in [0.15, 0.2) is 23.0 Å². The zero-order valence-corrected chi connectivity index (χ0v) is 14.5. The van der Waals surface area contributed by atoms with E-state index in [2.05, 4.69) is 29.4 Å². The van der Waals surface area contributed by atoms with E-state index in [0.29, 0.717) is 24.1 Å². The van der Waals surface area contributed by atoms with Crippen LogP contribution in [0.3, 0.4) is 0 Å². The van der Waals surface area contributed by atoms with Crippen LogP contribution in [0.1, 0.15) is 43.2 Å². The summed E-state index contributed by atoms with van der Waals surface area (Å²) in [5.74, 6) is 1.51. The van der Waals surface area contributed by atoms with Gasteiger partial charge in [-0.25, -0.2) is 4.79 Å². The summed E-state index contributed by atoms with van der Waals surface area (Å²) in [5.41, 5.74) is 2.14. The molecule has 0 saturated carbocycles. The average Bonchev–Trinajstić information content (AvgIpc) is 3.26. The Kier molecular flexibility index (Phi) is 4.87. The molecule has 1 aliphatic heterocycles. The van der Waals surface area contributed by atoms with Gasteiger partial charge in [-0.05, 0) is 30.2 Å². The van der Waals surface area contributed by atoms with Gasteiger partial charge in [-0.15, -0.1) is 0 Å². The second-order valence-corrected chi connectivity index (χ2v) is 6.86. The number of aromatic nitrogens is 3. The first kappa shape index (κ1) is 16.5. The monoisotopic (exact) mass is 331 g/mol. The first-order chi connectivity index (χ1) is 11.5. The van der Waals surface area contributed by atoms with Crippen molar-refractivity contribution in [3.05, 3.63) is 35.5 Å². The zero-order chi connectivity index (χ0) is 17.1. The summed E-state index contributed by atoms with van der Waals surface area (Å²) in [4.78, 5) is 14.2. The molecule has 1 atom stereocenters. The van der Waals surface area contributed by atoms with E-state index >= 15 is 0 Å². The van der Waals surface area contributed by atoms with Gasteiger partial charge < -0.3 is 14.7 Å². The average molecular weight is 331 g/mol. The lowest BCUT2D eigenvalue weighted by Gasteiger charge is -2.16. The minimum atomic E-state index is -0.0359. The number of likely N-dealkylation sites (tertiary alicyclic amines) is 1. The predicted octanol–water partition coefficient (Wildman–Crippen LogP) is 2.31. The number of urea groups is 1. The fraction of sp³-hybridized carbons (Fsp3) is 0.588. The van der Waals surface area contributed by atoms with Crippen molar-refractivity contribution in [2.45, 2.75) is 39.2 Å². The van der Waals surface area contributed by atoms with Crippen LogP contribution in [0.2, 0.25) is 0 Å². The van der Waals surface area contributed by atoms with E-state index in [4.69, 9.17) is 4.52 Å². The van der Waals surface area contributed by atoms with Crippen molar-refractivity contribution in [2.75, 3.05) is 13.1 Å². The van der Waals surface area contributed by atoms with Gasteiger partial charge in [-0.1, -0.05) is 19.0 Å². The van der Waals surface area contributed by atoms with Crippen molar-refractivity contribution >= 4 is 6.03 Å². The lowest BCUT2D eigenvalue weighted by molar-refractivity contribution is 0.205. The predicted molar refractivity (Wildman–Crippen MR) is 89.4 cm³/mol. The number of hydrogen-bond donors (Lipinski definition) is 1. The SMILES string of the molecule is CC(C)c1cc(CNC(=O)N2CC[C@@H](Cc3cnn(C)c3)C2)on1. The zero-order valence-electron chi connectivity index (χ0n) is 14.5. The Balaban J connectivity index is 1.45. The maximum atomic E-state index is 12.3. The van der Waals surface area contributed by atoms with E-state index in [0.717, 1.165) is 31.6 Å². The fourth-order valence-corrected chi connectivity index (χ4v) is 3.05. The molecule has 7 heteroatoms. The summed E-state index contributed by atoms with van der Waals surface area (Å²) in [6.07, 6.45) is 5.94. The van der Waals surface area contributed by atoms with Crippen molar-refractivity contribution in [2.24, 2.45) is 13.0 Å². The van der Waals surface area contributed by atoms with Gasteiger partial charge in [0.25, 0.3) is 0 Å². The second kappa shape index (κ2) is 7.07. The van der Waals surface area contributed by atoms with Gasteiger partial charge in [-0.2, -0.15) is 5.10 Å². The highest BCUT2D eigenvalue weighted by Gasteiger charge is 2.26. The first-order valence-electron chi connectivity index (χ1n) is 8.47. The van der Waals surface area contributed by atoms with Gasteiger partial charge in [0.15, 0.2) is 5.76 Å². The van der Waals surface area contributed by atoms with Crippen LogP contribution in [0.25, 0.3) is 0 Å². The highest BCUT2D eigenvalue weighted by atomic mass is 16.5. The van der Waals surface area contributed by atoms with Gasteiger partial charge in [0.05, 0.1) is 18.4 Å². The summed E-state index contributed by atoms with van der Waals surface area (Å²) in [5, 5.41) is 11.1. The molecular formula is C17H25N5O2. The maximum Gasteiger partial charge on any atom is 0.317 e. The Morgan fingerprint density at radius 1 is 1.50 bits per heavy atom. The number of carbonyl (C=O) groups is 1. The van der Waals surface area contributed by atoms with Crippen LogP contribution in [0.4, 0.5) is 4.79 Å². The van der Waals surface area contributed by atoms with Gasteiger partial charge >= 0.3 is 6.03 Å². The Morgan fingerprint density at radius 2 is 2.33 bits per heavy atom. The summed E-state index contributed by atoms with van der Waals surface area (Å²) in [7, 11) is 1.92. The molecule has 0 radical (unpaired) electrons. The number of amides is 2. The molecule has 2 aromatic heterocycles. The van der Waals surface area contributed by atoms with E-state index in [9.17, 15) is 4.79 Å². The van der Waals surface area contributed by atoms with E-state index in [1.165, 1.54) is 5.56 Å². The number of aryl methyl sites for hydroxylation is 1. The van der Waals surface area contributed by atoms with Crippen molar-refractivity contribution in [3.8, 4) is 0 Å². The normalized spacial score (nSPS) is 17.7. The molecule has 1 aliphatic rings. The fourth-order valence-electron chi connectivity index (χ4n) is 3.05. The molecule has 0 spiro atoms. The molecule has 0 bridgehead atoms. The molecule has 3 heterocycles. The molecule has 130 valence electrons. The number of nitrogens with zero attached hydrogens (tertiary/aromatic N) is 4. The number of nitrogens with one attached hydrogen (secondary N) is 1. The summed E-state index contributed by atoms with van der Waals surface area (Å²) in [6, 6.07) is 1.87. The standard InChI is InChI=1S/C17H25N5O2/c1-12(2)16-7-15(24-20-16)9-18-17(23)22-5-4-13(11-22)6-14-8-19-21(3)10-14/h7-8,10,12-13H,4-6,9,11H2,1-3H3,(H,18,23)/t13-/m0/s1. The lowest BCUT2D eigenvalue weighted by Crippen LogP contribution is -2.38. The van der Waals surface area contributed by atoms with Crippen molar-refractivity contribution in [3.63, 3.8) is 0 Å². The molecule has 2 amide bonds. The molecule has 0 unspecified atom stereocenters. The smallest absolute Gasteiger partial charge is 0.317 e. The van der Waals surface area contributed by atoms with Crippen LogP contribution >= 0.6 is 0 Å². The van der Waals surface area contributed by atoms with Gasteiger partial charge in [0.1, 0.15) is 0 Å². The number of hydrogen-bond acceptors (Lipinski definition) is 4. The largest absolute Gasteiger partial charge is 0.359 e. The highest BCUT2D eigenvalue weighted by Crippen LogP contribution is 2.21. The van der Waals surface area contributed by atoms with E-state index in [1.807, 2.05) is 35.1 Å². The van der Waals surface area contributed by atoms with E-state index in [1.54, 1.807) is 0 Å². The molecular weight excluding hydrogens is 306 g/mol. The van der Waals surface area contributed by atoms with Gasteiger partial charge in [0.2, 0.25) is 0 Å². The third-order valence-electron chi connectivity index (χ3n) is 4.44. The Morgan fingerprint density at radius 3 is 3.00 bits per heavy atom. The van der Waals surface area contributed by atoms with Crippen molar-refractivity contribution < 1.29 is 9.32 Å². The molecule has 2 aromatic rings.